The number of benzene rings is 1. The third-order valence-corrected chi connectivity index (χ3v) is 4.45. The molecule has 2 aromatic rings. The number of nitrogens with zero attached hydrogens (tertiary/aromatic N) is 2. The molecule has 19 heavy (non-hydrogen) atoms. The van der Waals surface area contributed by atoms with Crippen molar-refractivity contribution < 1.29 is 4.74 Å². The summed E-state index contributed by atoms with van der Waals surface area (Å²) in [6.07, 6.45) is 3.99. The minimum absolute atomic E-state index is 0.316. The molecule has 1 aliphatic rings. The molecule has 0 aliphatic carbocycles. The molecule has 0 saturated heterocycles. The lowest BCUT2D eigenvalue weighted by molar-refractivity contribution is 0.256. The Balaban J connectivity index is 1.80. The maximum atomic E-state index is 5.72. The maximum Gasteiger partial charge on any atom is 0.122 e. The lowest BCUT2D eigenvalue weighted by atomic mass is 9.87. The SMILES string of the molecule is CNC(CC1CCOc2ccccc21)c1cnns1. The molecule has 0 radical (unpaired) electrons. The van der Waals surface area contributed by atoms with Gasteiger partial charge in [0.1, 0.15) is 5.75 Å². The van der Waals surface area contributed by atoms with E-state index in [2.05, 4.69) is 33.1 Å². The summed E-state index contributed by atoms with van der Waals surface area (Å²) in [5.74, 6) is 1.57. The zero-order chi connectivity index (χ0) is 13.1. The lowest BCUT2D eigenvalue weighted by Crippen LogP contribution is -2.22. The predicted molar refractivity (Wildman–Crippen MR) is 75.6 cm³/mol. The topological polar surface area (TPSA) is 47.0 Å². The molecule has 2 unspecified atom stereocenters. The standard InChI is InChI=1S/C14H17N3OS/c1-15-12(14-9-16-17-19-14)8-10-6-7-18-13-5-3-2-4-11(10)13/h2-5,9-10,12,15H,6-8H2,1H3. The van der Waals surface area contributed by atoms with Crippen LogP contribution >= 0.6 is 11.5 Å². The number of hydrogen-bond acceptors (Lipinski definition) is 5. The average molecular weight is 275 g/mol. The third-order valence-electron chi connectivity index (χ3n) is 3.67. The van der Waals surface area contributed by atoms with Gasteiger partial charge in [0.15, 0.2) is 0 Å². The Kier molecular flexibility index (Phi) is 3.75. The van der Waals surface area contributed by atoms with E-state index >= 15 is 0 Å². The maximum absolute atomic E-state index is 5.72. The van der Waals surface area contributed by atoms with Crippen LogP contribution in [0.5, 0.6) is 5.75 Å². The monoisotopic (exact) mass is 275 g/mol. The summed E-state index contributed by atoms with van der Waals surface area (Å²) in [7, 11) is 2.00. The molecule has 0 amide bonds. The van der Waals surface area contributed by atoms with Gasteiger partial charge in [-0.25, -0.2) is 0 Å². The first-order valence-corrected chi connectivity index (χ1v) is 7.32. The van der Waals surface area contributed by atoms with Gasteiger partial charge in [0, 0.05) is 6.04 Å². The van der Waals surface area contributed by atoms with Gasteiger partial charge in [-0.05, 0) is 49.0 Å². The van der Waals surface area contributed by atoms with E-state index in [1.54, 1.807) is 0 Å². The zero-order valence-corrected chi connectivity index (χ0v) is 11.7. The summed E-state index contributed by atoms with van der Waals surface area (Å²) in [4.78, 5) is 1.20. The van der Waals surface area contributed by atoms with E-state index in [0.29, 0.717) is 12.0 Å². The molecule has 0 fully saturated rings. The second kappa shape index (κ2) is 5.67. The average Bonchev–Trinajstić information content (AvgIpc) is 2.99. The fourth-order valence-corrected chi connectivity index (χ4v) is 3.27. The van der Waals surface area contributed by atoms with Crippen LogP contribution < -0.4 is 10.1 Å². The highest BCUT2D eigenvalue weighted by atomic mass is 32.1. The second-order valence-corrected chi connectivity index (χ2v) is 5.59. The van der Waals surface area contributed by atoms with Crippen LogP contribution in [0.25, 0.3) is 0 Å². The molecule has 1 aliphatic heterocycles. The number of para-hydroxylation sites is 1. The molecule has 2 heterocycles. The number of aromatic nitrogens is 2. The highest BCUT2D eigenvalue weighted by Gasteiger charge is 2.25. The highest BCUT2D eigenvalue weighted by Crippen LogP contribution is 2.38. The predicted octanol–water partition coefficient (Wildman–Crippen LogP) is 2.76. The van der Waals surface area contributed by atoms with Crippen molar-refractivity contribution >= 4 is 11.5 Å². The number of hydrogen-bond donors (Lipinski definition) is 1. The van der Waals surface area contributed by atoms with Crippen LogP contribution in [-0.4, -0.2) is 23.2 Å². The van der Waals surface area contributed by atoms with E-state index in [4.69, 9.17) is 4.74 Å². The second-order valence-electron chi connectivity index (χ2n) is 4.77. The fourth-order valence-electron chi connectivity index (χ4n) is 2.65. The van der Waals surface area contributed by atoms with Crippen molar-refractivity contribution in [1.82, 2.24) is 14.9 Å². The Bertz CT molecular complexity index is 529. The Labute approximate surface area is 117 Å². The van der Waals surface area contributed by atoms with Gasteiger partial charge >= 0.3 is 0 Å². The number of ether oxygens (including phenoxy) is 1. The smallest absolute Gasteiger partial charge is 0.122 e. The molecule has 0 bridgehead atoms. The van der Waals surface area contributed by atoms with Crippen molar-refractivity contribution in [2.24, 2.45) is 0 Å². The first kappa shape index (κ1) is 12.6. The molecule has 4 nitrogen and oxygen atoms in total. The zero-order valence-electron chi connectivity index (χ0n) is 10.9. The van der Waals surface area contributed by atoms with Crippen LogP contribution in [0.4, 0.5) is 0 Å². The van der Waals surface area contributed by atoms with Gasteiger partial charge in [0.25, 0.3) is 0 Å². The Hall–Kier alpha value is -1.46. The molecule has 0 saturated carbocycles. The summed E-state index contributed by atoms with van der Waals surface area (Å²) >= 11 is 1.47. The molecular weight excluding hydrogens is 258 g/mol. The molecule has 1 aromatic carbocycles. The third kappa shape index (κ3) is 2.62. The highest BCUT2D eigenvalue weighted by molar-refractivity contribution is 7.05. The summed E-state index contributed by atoms with van der Waals surface area (Å²) in [5.41, 5.74) is 1.33. The first-order chi connectivity index (χ1) is 9.38. The van der Waals surface area contributed by atoms with Crippen LogP contribution in [0.1, 0.15) is 35.2 Å². The lowest BCUT2D eigenvalue weighted by Gasteiger charge is -2.28. The van der Waals surface area contributed by atoms with Crippen molar-refractivity contribution in [2.45, 2.75) is 24.8 Å². The van der Waals surface area contributed by atoms with Gasteiger partial charge in [0.05, 0.1) is 17.7 Å². The Morgan fingerprint density at radius 1 is 1.47 bits per heavy atom. The Morgan fingerprint density at radius 3 is 3.16 bits per heavy atom. The van der Waals surface area contributed by atoms with Crippen LogP contribution in [0.2, 0.25) is 0 Å². The van der Waals surface area contributed by atoms with Crippen molar-refractivity contribution in [2.75, 3.05) is 13.7 Å². The summed E-state index contributed by atoms with van der Waals surface area (Å²) in [5, 5.41) is 7.30. The summed E-state index contributed by atoms with van der Waals surface area (Å²) < 4.78 is 9.67. The van der Waals surface area contributed by atoms with E-state index in [9.17, 15) is 0 Å². The number of nitrogens with one attached hydrogen (secondary N) is 1. The van der Waals surface area contributed by atoms with Gasteiger partial charge in [-0.1, -0.05) is 22.7 Å². The van der Waals surface area contributed by atoms with Crippen molar-refractivity contribution in [3.05, 3.63) is 40.9 Å². The van der Waals surface area contributed by atoms with Crippen molar-refractivity contribution in [1.29, 1.82) is 0 Å². The fraction of sp³-hybridized carbons (Fsp3) is 0.429. The minimum atomic E-state index is 0.316. The van der Waals surface area contributed by atoms with E-state index in [0.717, 1.165) is 25.2 Å². The molecule has 0 spiro atoms. The van der Waals surface area contributed by atoms with Crippen LogP contribution in [0, 0.1) is 0 Å². The van der Waals surface area contributed by atoms with Crippen molar-refractivity contribution in [3.8, 4) is 5.75 Å². The van der Waals surface area contributed by atoms with E-state index in [1.807, 2.05) is 19.3 Å². The molecule has 1 N–H and O–H groups in total. The molecule has 1 aromatic heterocycles. The van der Waals surface area contributed by atoms with Gasteiger partial charge in [-0.3, -0.25) is 0 Å². The summed E-state index contributed by atoms with van der Waals surface area (Å²) in [6.45, 7) is 0.805. The Morgan fingerprint density at radius 2 is 2.37 bits per heavy atom. The molecule has 2 atom stereocenters. The number of rotatable bonds is 4. The normalized spacial score (nSPS) is 19.5. The van der Waals surface area contributed by atoms with E-state index in [-0.39, 0.29) is 0 Å². The van der Waals surface area contributed by atoms with Gasteiger partial charge < -0.3 is 10.1 Å². The number of fused-ring (bicyclic) bond motifs is 1. The summed E-state index contributed by atoms with van der Waals surface area (Å²) in [6, 6.07) is 8.67. The largest absolute Gasteiger partial charge is 0.493 e. The van der Waals surface area contributed by atoms with Crippen LogP contribution in [0.15, 0.2) is 30.5 Å². The van der Waals surface area contributed by atoms with Crippen LogP contribution in [-0.2, 0) is 0 Å². The molecular formula is C14H17N3OS. The first-order valence-electron chi connectivity index (χ1n) is 6.54. The quantitative estimate of drug-likeness (QED) is 0.932. The molecule has 5 heteroatoms. The van der Waals surface area contributed by atoms with E-state index in [1.165, 1.54) is 22.0 Å². The minimum Gasteiger partial charge on any atom is -0.493 e. The van der Waals surface area contributed by atoms with Crippen LogP contribution in [0.3, 0.4) is 0 Å². The van der Waals surface area contributed by atoms with Gasteiger partial charge in [0.2, 0.25) is 0 Å². The molecule has 100 valence electrons. The molecule has 3 rings (SSSR count). The van der Waals surface area contributed by atoms with E-state index < -0.39 is 0 Å². The van der Waals surface area contributed by atoms with Gasteiger partial charge in [-0.2, -0.15) is 0 Å². The van der Waals surface area contributed by atoms with Crippen molar-refractivity contribution in [3.63, 3.8) is 0 Å². The van der Waals surface area contributed by atoms with Gasteiger partial charge in [-0.15, -0.1) is 5.10 Å².